The number of halogens is 1. The van der Waals surface area contributed by atoms with Crippen molar-refractivity contribution in [1.82, 2.24) is 10.3 Å². The number of nitrogens with zero attached hydrogens (tertiary/aromatic N) is 1. The first-order valence-corrected chi connectivity index (χ1v) is 7.56. The van der Waals surface area contributed by atoms with Crippen molar-refractivity contribution in [1.29, 1.82) is 0 Å². The number of hydrogen-bond donors (Lipinski definition) is 1. The molecule has 1 aliphatic heterocycles. The van der Waals surface area contributed by atoms with Crippen molar-refractivity contribution >= 4 is 11.6 Å². The summed E-state index contributed by atoms with van der Waals surface area (Å²) in [6.07, 6.45) is 4.14. The summed E-state index contributed by atoms with van der Waals surface area (Å²) in [5, 5.41) is 4.10. The molecule has 0 spiro atoms. The molecule has 4 nitrogen and oxygen atoms in total. The Hall–Kier alpha value is -1.52. The molecule has 1 saturated heterocycles. The van der Waals surface area contributed by atoms with Crippen molar-refractivity contribution in [2.24, 2.45) is 5.92 Å². The molecule has 0 amide bonds. The van der Waals surface area contributed by atoms with Gasteiger partial charge in [-0.05, 0) is 50.1 Å². The number of rotatable bonds is 4. The van der Waals surface area contributed by atoms with Crippen LogP contribution < -0.4 is 10.1 Å². The summed E-state index contributed by atoms with van der Waals surface area (Å²) in [5.74, 6) is 1.87. The molecule has 0 radical (unpaired) electrons. The summed E-state index contributed by atoms with van der Waals surface area (Å²) in [5.41, 5.74) is 2.06. The lowest BCUT2D eigenvalue weighted by atomic mass is 10.0. The Morgan fingerprint density at radius 1 is 1.38 bits per heavy atom. The van der Waals surface area contributed by atoms with Crippen LogP contribution in [0.25, 0.3) is 0 Å². The van der Waals surface area contributed by atoms with Crippen molar-refractivity contribution in [2.45, 2.75) is 26.4 Å². The third kappa shape index (κ3) is 3.06. The smallest absolute Gasteiger partial charge is 0.235 e. The minimum atomic E-state index is -0.173. The van der Waals surface area contributed by atoms with Gasteiger partial charge in [0, 0.05) is 17.5 Å². The van der Waals surface area contributed by atoms with Crippen LogP contribution in [0, 0.1) is 19.8 Å². The van der Waals surface area contributed by atoms with Crippen LogP contribution in [-0.4, -0.2) is 18.1 Å². The van der Waals surface area contributed by atoms with Gasteiger partial charge in [0.05, 0.1) is 6.20 Å². The fourth-order valence-electron chi connectivity index (χ4n) is 2.87. The number of benzene rings is 1. The molecule has 1 aliphatic rings. The highest BCUT2D eigenvalue weighted by molar-refractivity contribution is 6.30. The quantitative estimate of drug-likeness (QED) is 0.936. The van der Waals surface area contributed by atoms with E-state index in [1.807, 2.05) is 26.0 Å². The Kier molecular flexibility index (Phi) is 4.17. The average molecular weight is 307 g/mol. The fraction of sp³-hybridized carbons (Fsp3) is 0.438. The topological polar surface area (TPSA) is 47.3 Å². The molecule has 0 saturated carbocycles. The molecule has 1 fully saturated rings. The van der Waals surface area contributed by atoms with Gasteiger partial charge in [0.15, 0.2) is 6.10 Å². The normalized spacial score (nSPS) is 19.7. The maximum absolute atomic E-state index is 6.30. The molecule has 1 N–H and O–H groups in total. The maximum Gasteiger partial charge on any atom is 0.235 e. The number of nitrogens with one attached hydrogen (secondary N) is 1. The first-order valence-electron chi connectivity index (χ1n) is 7.18. The van der Waals surface area contributed by atoms with Gasteiger partial charge in [-0.3, -0.25) is 0 Å². The Bertz CT molecular complexity index is 584. The van der Waals surface area contributed by atoms with Crippen LogP contribution in [0.1, 0.15) is 29.5 Å². The molecule has 1 aromatic heterocycles. The van der Waals surface area contributed by atoms with Crippen LogP contribution in [-0.2, 0) is 0 Å². The van der Waals surface area contributed by atoms with Crippen molar-refractivity contribution in [3.8, 4) is 5.75 Å². The van der Waals surface area contributed by atoms with Crippen LogP contribution in [0.5, 0.6) is 5.75 Å². The first kappa shape index (κ1) is 14.4. The van der Waals surface area contributed by atoms with Gasteiger partial charge in [0.2, 0.25) is 5.89 Å². The van der Waals surface area contributed by atoms with Gasteiger partial charge in [-0.1, -0.05) is 11.6 Å². The molecule has 0 unspecified atom stereocenters. The zero-order valence-corrected chi connectivity index (χ0v) is 13.0. The molecular weight excluding hydrogens is 288 g/mol. The third-order valence-electron chi connectivity index (χ3n) is 3.89. The van der Waals surface area contributed by atoms with Crippen LogP contribution in [0.3, 0.4) is 0 Å². The number of oxazole rings is 1. The third-order valence-corrected chi connectivity index (χ3v) is 4.11. The minimum absolute atomic E-state index is 0.173. The molecule has 2 aromatic rings. The summed E-state index contributed by atoms with van der Waals surface area (Å²) < 4.78 is 11.8. The standard InChI is InChI=1S/C16H19ClN2O2/c1-10-7-13(17)8-11(2)14(10)21-15(12-3-4-18-9-12)16-19-5-6-20-16/h5-8,12,15,18H,3-4,9H2,1-2H3/t12-,15+/m0/s1. The largest absolute Gasteiger partial charge is 0.480 e. The number of aryl methyl sites for hydroxylation is 2. The lowest BCUT2D eigenvalue weighted by Gasteiger charge is -2.23. The zero-order chi connectivity index (χ0) is 14.8. The van der Waals surface area contributed by atoms with E-state index in [1.54, 1.807) is 12.5 Å². The van der Waals surface area contributed by atoms with Gasteiger partial charge in [-0.15, -0.1) is 0 Å². The molecule has 1 aromatic carbocycles. The maximum atomic E-state index is 6.30. The average Bonchev–Trinajstić information content (AvgIpc) is 3.11. The van der Waals surface area contributed by atoms with E-state index >= 15 is 0 Å². The van der Waals surface area contributed by atoms with E-state index in [-0.39, 0.29) is 6.10 Å². The molecule has 0 bridgehead atoms. The Labute approximate surface area is 129 Å². The highest BCUT2D eigenvalue weighted by Gasteiger charge is 2.32. The minimum Gasteiger partial charge on any atom is -0.480 e. The van der Waals surface area contributed by atoms with E-state index < -0.39 is 0 Å². The van der Waals surface area contributed by atoms with Gasteiger partial charge in [0.25, 0.3) is 0 Å². The van der Waals surface area contributed by atoms with Gasteiger partial charge in [-0.25, -0.2) is 4.98 Å². The van der Waals surface area contributed by atoms with Crippen molar-refractivity contribution in [3.63, 3.8) is 0 Å². The van der Waals surface area contributed by atoms with Crippen LogP contribution in [0.2, 0.25) is 5.02 Å². The number of ether oxygens (including phenoxy) is 1. The second-order valence-electron chi connectivity index (χ2n) is 5.53. The second kappa shape index (κ2) is 6.08. The summed E-state index contributed by atoms with van der Waals surface area (Å²) in [4.78, 5) is 4.29. The first-order chi connectivity index (χ1) is 10.1. The molecule has 21 heavy (non-hydrogen) atoms. The summed E-state index contributed by atoms with van der Waals surface area (Å²) in [6, 6.07) is 3.84. The second-order valence-corrected chi connectivity index (χ2v) is 5.97. The predicted octanol–water partition coefficient (Wildman–Crippen LogP) is 3.67. The highest BCUT2D eigenvalue weighted by atomic mass is 35.5. The monoisotopic (exact) mass is 306 g/mol. The number of hydrogen-bond acceptors (Lipinski definition) is 4. The summed E-state index contributed by atoms with van der Waals surface area (Å²) >= 11 is 6.09. The van der Waals surface area contributed by atoms with E-state index in [4.69, 9.17) is 20.8 Å². The molecule has 112 valence electrons. The molecule has 5 heteroatoms. The zero-order valence-electron chi connectivity index (χ0n) is 12.2. The Balaban J connectivity index is 1.91. The van der Waals surface area contributed by atoms with Crippen LogP contribution in [0.15, 0.2) is 29.0 Å². The van der Waals surface area contributed by atoms with E-state index in [0.29, 0.717) is 11.8 Å². The van der Waals surface area contributed by atoms with Crippen LogP contribution >= 0.6 is 11.6 Å². The molecule has 2 atom stereocenters. The molecular formula is C16H19ClN2O2. The van der Waals surface area contributed by atoms with Gasteiger partial charge in [0.1, 0.15) is 12.0 Å². The Morgan fingerprint density at radius 2 is 2.14 bits per heavy atom. The van der Waals surface area contributed by atoms with Crippen molar-refractivity contribution in [2.75, 3.05) is 13.1 Å². The fourth-order valence-corrected chi connectivity index (χ4v) is 3.20. The van der Waals surface area contributed by atoms with Crippen molar-refractivity contribution in [3.05, 3.63) is 46.6 Å². The summed E-state index contributed by atoms with van der Waals surface area (Å²) in [6.45, 7) is 5.93. The van der Waals surface area contributed by atoms with Crippen molar-refractivity contribution < 1.29 is 9.15 Å². The highest BCUT2D eigenvalue weighted by Crippen LogP contribution is 2.35. The molecule has 2 heterocycles. The van der Waals surface area contributed by atoms with Gasteiger partial charge < -0.3 is 14.5 Å². The lowest BCUT2D eigenvalue weighted by Crippen LogP contribution is -2.22. The SMILES string of the molecule is Cc1cc(Cl)cc(C)c1O[C@@H](c1ncco1)[C@H]1CCNC1. The van der Waals surface area contributed by atoms with E-state index in [2.05, 4.69) is 10.3 Å². The van der Waals surface area contributed by atoms with E-state index in [9.17, 15) is 0 Å². The molecule has 0 aliphatic carbocycles. The number of aromatic nitrogens is 1. The molecule has 3 rings (SSSR count). The lowest BCUT2D eigenvalue weighted by molar-refractivity contribution is 0.112. The predicted molar refractivity (Wildman–Crippen MR) is 81.8 cm³/mol. The Morgan fingerprint density at radius 3 is 2.71 bits per heavy atom. The van der Waals surface area contributed by atoms with E-state index in [0.717, 1.165) is 41.4 Å². The summed E-state index contributed by atoms with van der Waals surface area (Å²) in [7, 11) is 0. The van der Waals surface area contributed by atoms with Gasteiger partial charge >= 0.3 is 0 Å². The van der Waals surface area contributed by atoms with Gasteiger partial charge in [-0.2, -0.15) is 0 Å². The van der Waals surface area contributed by atoms with E-state index in [1.165, 1.54) is 0 Å². The van der Waals surface area contributed by atoms with Crippen LogP contribution in [0.4, 0.5) is 0 Å².